The minimum absolute atomic E-state index is 0.0317. The zero-order valence-electron chi connectivity index (χ0n) is 15.8. The van der Waals surface area contributed by atoms with Crippen molar-refractivity contribution in [2.75, 3.05) is 4.72 Å². The van der Waals surface area contributed by atoms with Crippen LogP contribution >= 0.6 is 23.2 Å². The zero-order valence-corrected chi connectivity index (χ0v) is 18.1. The van der Waals surface area contributed by atoms with Gasteiger partial charge in [-0.3, -0.25) is 9.52 Å². The lowest BCUT2D eigenvalue weighted by Gasteiger charge is -2.11. The van der Waals surface area contributed by atoms with Crippen LogP contribution in [0.5, 0.6) is 0 Å². The molecule has 0 fully saturated rings. The number of hydrogen-bond acceptors (Lipinski definition) is 4. The summed E-state index contributed by atoms with van der Waals surface area (Å²) in [4.78, 5) is 23.0. The SMILES string of the molecule is O=C(O)c1ccc(CNC(=O)c2ccc(NS(=O)(=O)c3cc(Cl)ccc3Cl)cc2)cc1. The van der Waals surface area contributed by atoms with E-state index in [0.29, 0.717) is 5.56 Å². The molecule has 0 aromatic heterocycles. The topological polar surface area (TPSA) is 113 Å². The van der Waals surface area contributed by atoms with E-state index in [1.165, 1.54) is 54.6 Å². The van der Waals surface area contributed by atoms with Gasteiger partial charge < -0.3 is 10.4 Å². The molecule has 0 saturated heterocycles. The Hall–Kier alpha value is -3.07. The van der Waals surface area contributed by atoms with E-state index in [4.69, 9.17) is 28.3 Å². The maximum atomic E-state index is 12.5. The van der Waals surface area contributed by atoms with Crippen LogP contribution in [0.15, 0.2) is 71.6 Å². The molecule has 0 bridgehead atoms. The zero-order chi connectivity index (χ0) is 22.6. The number of nitrogens with one attached hydrogen (secondary N) is 2. The molecule has 3 aromatic rings. The number of amides is 1. The molecular formula is C21H16Cl2N2O5S. The number of rotatable bonds is 7. The molecule has 0 aliphatic carbocycles. The van der Waals surface area contributed by atoms with Gasteiger partial charge in [-0.05, 0) is 60.2 Å². The fourth-order valence-corrected chi connectivity index (χ4v) is 4.45. The van der Waals surface area contributed by atoms with E-state index in [0.717, 1.165) is 5.56 Å². The second-order valence-corrected chi connectivity index (χ2v) is 8.94. The Balaban J connectivity index is 1.64. The summed E-state index contributed by atoms with van der Waals surface area (Å²) in [6.45, 7) is 0.209. The molecular weight excluding hydrogens is 463 g/mol. The molecule has 3 rings (SSSR count). The monoisotopic (exact) mass is 478 g/mol. The number of sulfonamides is 1. The summed E-state index contributed by atoms with van der Waals surface area (Å²) in [7, 11) is -3.96. The summed E-state index contributed by atoms with van der Waals surface area (Å²) in [6.07, 6.45) is 0. The molecule has 0 radical (unpaired) electrons. The van der Waals surface area contributed by atoms with Crippen LogP contribution < -0.4 is 10.0 Å². The molecule has 1 amide bonds. The second kappa shape index (κ2) is 9.38. The molecule has 0 heterocycles. The first-order valence-corrected chi connectivity index (χ1v) is 11.1. The lowest BCUT2D eigenvalue weighted by molar-refractivity contribution is 0.0696. The van der Waals surface area contributed by atoms with E-state index in [-0.39, 0.29) is 38.6 Å². The van der Waals surface area contributed by atoms with Crippen molar-refractivity contribution in [3.63, 3.8) is 0 Å². The van der Waals surface area contributed by atoms with E-state index in [1.807, 2.05) is 0 Å². The van der Waals surface area contributed by atoms with Gasteiger partial charge in [0.1, 0.15) is 4.90 Å². The Labute approximate surface area is 188 Å². The van der Waals surface area contributed by atoms with E-state index in [1.54, 1.807) is 12.1 Å². The van der Waals surface area contributed by atoms with E-state index < -0.39 is 16.0 Å². The predicted molar refractivity (Wildman–Crippen MR) is 118 cm³/mol. The smallest absolute Gasteiger partial charge is 0.335 e. The molecule has 0 aliphatic heterocycles. The standard InChI is InChI=1S/C21H16Cl2N2O5S/c22-16-7-10-18(23)19(11-16)31(29,30)25-17-8-5-14(6-9-17)20(26)24-12-13-1-3-15(4-2-13)21(27)28/h1-11,25H,12H2,(H,24,26)(H,27,28). The third-order valence-corrected chi connectivity index (χ3v) is 6.33. The largest absolute Gasteiger partial charge is 0.478 e. The fourth-order valence-electron chi connectivity index (χ4n) is 2.63. The summed E-state index contributed by atoms with van der Waals surface area (Å²) in [5.74, 6) is -1.39. The number of aromatic carboxylic acids is 1. The highest BCUT2D eigenvalue weighted by Gasteiger charge is 2.19. The summed E-state index contributed by atoms with van der Waals surface area (Å²) in [6, 6.07) is 16.1. The summed E-state index contributed by atoms with van der Waals surface area (Å²) in [5.41, 5.74) is 1.47. The molecule has 0 atom stereocenters. The summed E-state index contributed by atoms with van der Waals surface area (Å²) < 4.78 is 27.5. The van der Waals surface area contributed by atoms with Gasteiger partial charge in [0.25, 0.3) is 15.9 Å². The Kier molecular flexibility index (Phi) is 6.84. The van der Waals surface area contributed by atoms with Crippen molar-refractivity contribution >= 4 is 50.8 Å². The summed E-state index contributed by atoms with van der Waals surface area (Å²) in [5, 5.41) is 11.9. The van der Waals surface area contributed by atoms with Crippen LogP contribution in [0, 0.1) is 0 Å². The number of halogens is 2. The first-order valence-electron chi connectivity index (χ1n) is 8.84. The van der Waals surface area contributed by atoms with Crippen LogP contribution in [0.4, 0.5) is 5.69 Å². The second-order valence-electron chi connectivity index (χ2n) is 6.44. The molecule has 0 spiro atoms. The highest BCUT2D eigenvalue weighted by molar-refractivity contribution is 7.92. The summed E-state index contributed by atoms with van der Waals surface area (Å²) >= 11 is 11.8. The number of anilines is 1. The number of carboxylic acid groups (broad SMARTS) is 1. The van der Waals surface area contributed by atoms with Gasteiger partial charge in [0.15, 0.2) is 0 Å². The average molecular weight is 479 g/mol. The van der Waals surface area contributed by atoms with E-state index in [9.17, 15) is 18.0 Å². The third kappa shape index (κ3) is 5.75. The number of carboxylic acids is 1. The van der Waals surface area contributed by atoms with Crippen LogP contribution in [0.3, 0.4) is 0 Å². The minimum atomic E-state index is -3.96. The van der Waals surface area contributed by atoms with E-state index >= 15 is 0 Å². The van der Waals surface area contributed by atoms with Gasteiger partial charge >= 0.3 is 5.97 Å². The molecule has 10 heteroatoms. The lowest BCUT2D eigenvalue weighted by Crippen LogP contribution is -2.22. The van der Waals surface area contributed by atoms with Crippen LogP contribution in [0.2, 0.25) is 10.0 Å². The molecule has 3 N–H and O–H groups in total. The normalized spacial score (nSPS) is 11.0. The molecule has 7 nitrogen and oxygen atoms in total. The minimum Gasteiger partial charge on any atom is -0.478 e. The van der Waals surface area contributed by atoms with E-state index in [2.05, 4.69) is 10.0 Å². The fraction of sp³-hybridized carbons (Fsp3) is 0.0476. The third-order valence-electron chi connectivity index (χ3n) is 4.24. The van der Waals surface area contributed by atoms with Crippen molar-refractivity contribution in [2.45, 2.75) is 11.4 Å². The number of benzene rings is 3. The maximum Gasteiger partial charge on any atom is 0.335 e. The quantitative estimate of drug-likeness (QED) is 0.465. The first kappa shape index (κ1) is 22.6. The molecule has 3 aromatic carbocycles. The Morgan fingerprint density at radius 2 is 1.48 bits per heavy atom. The van der Waals surface area contributed by atoms with Crippen molar-refractivity contribution in [3.8, 4) is 0 Å². The number of hydrogen-bond donors (Lipinski definition) is 3. The van der Waals surface area contributed by atoms with Crippen LogP contribution in [-0.4, -0.2) is 25.4 Å². The van der Waals surface area contributed by atoms with Gasteiger partial charge in [0, 0.05) is 22.8 Å². The van der Waals surface area contributed by atoms with Gasteiger partial charge in [-0.15, -0.1) is 0 Å². The number of carbonyl (C=O) groups is 2. The molecule has 160 valence electrons. The van der Waals surface area contributed by atoms with Crippen LogP contribution in [0.25, 0.3) is 0 Å². The van der Waals surface area contributed by atoms with Gasteiger partial charge in [-0.25, -0.2) is 13.2 Å². The van der Waals surface area contributed by atoms with Crippen molar-refractivity contribution in [1.82, 2.24) is 5.32 Å². The maximum absolute atomic E-state index is 12.5. The van der Waals surface area contributed by atoms with Crippen LogP contribution in [0.1, 0.15) is 26.3 Å². The lowest BCUT2D eigenvalue weighted by atomic mass is 10.1. The first-order chi connectivity index (χ1) is 14.7. The van der Waals surface area contributed by atoms with Crippen LogP contribution in [-0.2, 0) is 16.6 Å². The molecule has 0 unspecified atom stereocenters. The van der Waals surface area contributed by atoms with Gasteiger partial charge in [-0.2, -0.15) is 0 Å². The van der Waals surface area contributed by atoms with Crippen molar-refractivity contribution in [1.29, 1.82) is 0 Å². The Bertz CT molecular complexity index is 1230. The van der Waals surface area contributed by atoms with Gasteiger partial charge in [-0.1, -0.05) is 35.3 Å². The highest BCUT2D eigenvalue weighted by Crippen LogP contribution is 2.27. The predicted octanol–water partition coefficient (Wildman–Crippen LogP) is 4.42. The van der Waals surface area contributed by atoms with Crippen molar-refractivity contribution < 1.29 is 23.1 Å². The van der Waals surface area contributed by atoms with Crippen molar-refractivity contribution in [2.24, 2.45) is 0 Å². The van der Waals surface area contributed by atoms with Crippen molar-refractivity contribution in [3.05, 3.63) is 93.5 Å². The highest BCUT2D eigenvalue weighted by atomic mass is 35.5. The average Bonchev–Trinajstić information content (AvgIpc) is 2.74. The molecule has 31 heavy (non-hydrogen) atoms. The Morgan fingerprint density at radius 3 is 2.10 bits per heavy atom. The molecule has 0 saturated carbocycles. The number of carbonyl (C=O) groups excluding carboxylic acids is 1. The van der Waals surface area contributed by atoms with Gasteiger partial charge in [0.05, 0.1) is 10.6 Å². The Morgan fingerprint density at radius 1 is 0.871 bits per heavy atom. The molecule has 0 aliphatic rings. The van der Waals surface area contributed by atoms with Gasteiger partial charge in [0.2, 0.25) is 0 Å².